The minimum Gasteiger partial charge on any atom is -0.480 e. The Morgan fingerprint density at radius 3 is 2.55 bits per heavy atom. The SMILES string of the molecule is CC(C)(NC(=O)CNC(=O)NCc1ccco1)C(=O)O. The zero-order valence-electron chi connectivity index (χ0n) is 11.2. The van der Waals surface area contributed by atoms with Crippen LogP contribution in [0.3, 0.4) is 0 Å². The van der Waals surface area contributed by atoms with Crippen LogP contribution in [0.5, 0.6) is 0 Å². The molecule has 0 bridgehead atoms. The number of hydrogen-bond acceptors (Lipinski definition) is 4. The van der Waals surface area contributed by atoms with Gasteiger partial charge in [-0.2, -0.15) is 0 Å². The highest BCUT2D eigenvalue weighted by atomic mass is 16.4. The minimum atomic E-state index is -1.39. The Morgan fingerprint density at radius 1 is 1.30 bits per heavy atom. The van der Waals surface area contributed by atoms with Gasteiger partial charge in [0.2, 0.25) is 5.91 Å². The molecule has 20 heavy (non-hydrogen) atoms. The van der Waals surface area contributed by atoms with E-state index in [9.17, 15) is 14.4 Å². The molecule has 0 atom stereocenters. The maximum Gasteiger partial charge on any atom is 0.328 e. The smallest absolute Gasteiger partial charge is 0.328 e. The van der Waals surface area contributed by atoms with Crippen LogP contribution in [0.2, 0.25) is 0 Å². The average Bonchev–Trinajstić information content (AvgIpc) is 2.86. The van der Waals surface area contributed by atoms with E-state index in [1.807, 2.05) is 0 Å². The Balaban J connectivity index is 2.27. The van der Waals surface area contributed by atoms with Crippen molar-refractivity contribution in [2.24, 2.45) is 0 Å². The van der Waals surface area contributed by atoms with Gasteiger partial charge in [0, 0.05) is 0 Å². The number of carbonyl (C=O) groups excluding carboxylic acids is 2. The monoisotopic (exact) mass is 283 g/mol. The number of carboxylic acids is 1. The molecule has 0 spiro atoms. The first-order valence-corrected chi connectivity index (χ1v) is 5.90. The van der Waals surface area contributed by atoms with E-state index in [1.165, 1.54) is 20.1 Å². The summed E-state index contributed by atoms with van der Waals surface area (Å²) < 4.78 is 5.01. The largest absolute Gasteiger partial charge is 0.480 e. The van der Waals surface area contributed by atoms with E-state index in [2.05, 4.69) is 16.0 Å². The molecule has 1 rings (SSSR count). The molecule has 8 heteroatoms. The van der Waals surface area contributed by atoms with E-state index in [0.717, 1.165) is 0 Å². The lowest BCUT2D eigenvalue weighted by Gasteiger charge is -2.21. The highest BCUT2D eigenvalue weighted by molar-refractivity contribution is 5.89. The Morgan fingerprint density at radius 2 is 2.00 bits per heavy atom. The van der Waals surface area contributed by atoms with Crippen LogP contribution in [0.1, 0.15) is 19.6 Å². The van der Waals surface area contributed by atoms with Gasteiger partial charge in [0.15, 0.2) is 0 Å². The average molecular weight is 283 g/mol. The summed E-state index contributed by atoms with van der Waals surface area (Å²) in [6.45, 7) is 2.58. The van der Waals surface area contributed by atoms with Crippen LogP contribution in [-0.2, 0) is 16.1 Å². The number of carbonyl (C=O) groups is 3. The summed E-state index contributed by atoms with van der Waals surface area (Å²) >= 11 is 0. The second kappa shape index (κ2) is 6.60. The maximum atomic E-state index is 11.5. The molecule has 0 aliphatic heterocycles. The van der Waals surface area contributed by atoms with Gasteiger partial charge in [-0.15, -0.1) is 0 Å². The van der Waals surface area contributed by atoms with Crippen LogP contribution in [-0.4, -0.2) is 35.1 Å². The number of amides is 3. The lowest BCUT2D eigenvalue weighted by Crippen LogP contribution is -2.53. The predicted molar refractivity (Wildman–Crippen MR) is 68.8 cm³/mol. The summed E-state index contributed by atoms with van der Waals surface area (Å²) in [6, 6.07) is 2.84. The van der Waals surface area contributed by atoms with Crippen LogP contribution in [0, 0.1) is 0 Å². The van der Waals surface area contributed by atoms with Gasteiger partial charge < -0.3 is 25.5 Å². The Labute approximate surface area is 115 Å². The van der Waals surface area contributed by atoms with E-state index in [-0.39, 0.29) is 13.1 Å². The summed E-state index contributed by atoms with van der Waals surface area (Å²) in [5.74, 6) is -1.17. The Bertz CT molecular complexity index is 481. The number of hydrogen-bond donors (Lipinski definition) is 4. The number of nitrogens with one attached hydrogen (secondary N) is 3. The zero-order valence-corrected chi connectivity index (χ0v) is 11.2. The lowest BCUT2D eigenvalue weighted by molar-refractivity contribution is -0.145. The highest BCUT2D eigenvalue weighted by Gasteiger charge is 2.28. The number of rotatable bonds is 6. The first-order valence-electron chi connectivity index (χ1n) is 5.90. The molecule has 1 aromatic heterocycles. The summed E-state index contributed by atoms with van der Waals surface area (Å²) in [5, 5.41) is 15.9. The van der Waals surface area contributed by atoms with Crippen molar-refractivity contribution in [2.45, 2.75) is 25.9 Å². The van der Waals surface area contributed by atoms with Gasteiger partial charge in [0.05, 0.1) is 19.4 Å². The molecule has 0 unspecified atom stereocenters. The van der Waals surface area contributed by atoms with Crippen LogP contribution in [0.4, 0.5) is 4.79 Å². The first kappa shape index (κ1) is 15.5. The molecule has 3 amide bonds. The Hall–Kier alpha value is -2.51. The summed E-state index contributed by atoms with van der Waals surface area (Å²) in [7, 11) is 0. The molecular weight excluding hydrogens is 266 g/mol. The van der Waals surface area contributed by atoms with E-state index in [1.54, 1.807) is 12.1 Å². The zero-order chi connectivity index (χ0) is 15.2. The van der Waals surface area contributed by atoms with Crippen molar-refractivity contribution in [1.82, 2.24) is 16.0 Å². The number of urea groups is 1. The highest BCUT2D eigenvalue weighted by Crippen LogP contribution is 2.01. The molecule has 0 saturated carbocycles. The molecule has 0 radical (unpaired) electrons. The van der Waals surface area contributed by atoms with Crippen molar-refractivity contribution >= 4 is 17.9 Å². The fourth-order valence-corrected chi connectivity index (χ4v) is 1.25. The third-order valence-electron chi connectivity index (χ3n) is 2.40. The normalized spacial score (nSPS) is 10.7. The fourth-order valence-electron chi connectivity index (χ4n) is 1.25. The van der Waals surface area contributed by atoms with Crippen molar-refractivity contribution in [3.8, 4) is 0 Å². The van der Waals surface area contributed by atoms with Crippen LogP contribution >= 0.6 is 0 Å². The van der Waals surface area contributed by atoms with Crippen LogP contribution < -0.4 is 16.0 Å². The standard InChI is InChI=1S/C12H17N3O5/c1-12(2,10(17)18)15-9(16)7-14-11(19)13-6-8-4-3-5-20-8/h3-5H,6-7H2,1-2H3,(H,15,16)(H,17,18)(H2,13,14,19). The molecule has 0 saturated heterocycles. The third kappa shape index (κ3) is 5.01. The van der Waals surface area contributed by atoms with Crippen LogP contribution in [0.25, 0.3) is 0 Å². The third-order valence-corrected chi connectivity index (χ3v) is 2.40. The van der Waals surface area contributed by atoms with E-state index < -0.39 is 23.4 Å². The minimum absolute atomic E-state index is 0.196. The van der Waals surface area contributed by atoms with E-state index in [0.29, 0.717) is 5.76 Å². The van der Waals surface area contributed by atoms with Crippen molar-refractivity contribution in [3.05, 3.63) is 24.2 Å². The summed E-state index contributed by atoms with van der Waals surface area (Å²) in [4.78, 5) is 33.7. The molecule has 0 aliphatic carbocycles. The van der Waals surface area contributed by atoms with Gasteiger partial charge in [-0.3, -0.25) is 4.79 Å². The van der Waals surface area contributed by atoms with Crippen LogP contribution in [0.15, 0.2) is 22.8 Å². The second-order valence-electron chi connectivity index (χ2n) is 4.59. The molecule has 1 heterocycles. The lowest BCUT2D eigenvalue weighted by atomic mass is 10.1. The van der Waals surface area contributed by atoms with Crippen molar-refractivity contribution in [2.75, 3.05) is 6.54 Å². The van der Waals surface area contributed by atoms with Crippen molar-refractivity contribution in [1.29, 1.82) is 0 Å². The van der Waals surface area contributed by atoms with Gasteiger partial charge in [-0.1, -0.05) is 0 Å². The summed E-state index contributed by atoms with van der Waals surface area (Å²) in [5.41, 5.74) is -1.39. The van der Waals surface area contributed by atoms with Gasteiger partial charge in [0.1, 0.15) is 11.3 Å². The predicted octanol–water partition coefficient (Wildman–Crippen LogP) is 0.0582. The van der Waals surface area contributed by atoms with Gasteiger partial charge in [-0.25, -0.2) is 9.59 Å². The molecule has 0 fully saturated rings. The topological polar surface area (TPSA) is 121 Å². The molecule has 4 N–H and O–H groups in total. The van der Waals surface area contributed by atoms with Gasteiger partial charge in [0.25, 0.3) is 0 Å². The molecule has 8 nitrogen and oxygen atoms in total. The molecule has 110 valence electrons. The second-order valence-corrected chi connectivity index (χ2v) is 4.59. The number of furan rings is 1. The van der Waals surface area contributed by atoms with E-state index >= 15 is 0 Å². The number of aliphatic carboxylic acids is 1. The Kier molecular flexibility index (Phi) is 5.13. The van der Waals surface area contributed by atoms with Crippen molar-refractivity contribution in [3.63, 3.8) is 0 Å². The molecule has 0 aliphatic rings. The molecule has 1 aromatic rings. The van der Waals surface area contributed by atoms with Gasteiger partial charge in [-0.05, 0) is 26.0 Å². The molecule has 0 aromatic carbocycles. The van der Waals surface area contributed by atoms with Gasteiger partial charge >= 0.3 is 12.0 Å². The quantitative estimate of drug-likeness (QED) is 0.588. The summed E-state index contributed by atoms with van der Waals surface area (Å²) in [6.07, 6.45) is 1.48. The van der Waals surface area contributed by atoms with Crippen molar-refractivity contribution < 1.29 is 23.9 Å². The maximum absolute atomic E-state index is 11.5. The molecular formula is C12H17N3O5. The number of carboxylic acid groups (broad SMARTS) is 1. The first-order chi connectivity index (χ1) is 9.31. The van der Waals surface area contributed by atoms with E-state index in [4.69, 9.17) is 9.52 Å². The fraction of sp³-hybridized carbons (Fsp3) is 0.417.